The fraction of sp³-hybridized carbons (Fsp3) is 0.379. The highest BCUT2D eigenvalue weighted by Gasteiger charge is 2.32. The maximum Gasteiger partial charge on any atom is 0.160 e. The molecule has 7 heteroatoms. The van der Waals surface area contributed by atoms with E-state index in [2.05, 4.69) is 63.4 Å². The molecule has 1 N–H and O–H groups in total. The zero-order valence-electron chi connectivity index (χ0n) is 21.2. The molecule has 0 bridgehead atoms. The Hall–Kier alpha value is -3.42. The lowest BCUT2D eigenvalue weighted by atomic mass is 9.86. The minimum absolute atomic E-state index is 0.100. The Kier molecular flexibility index (Phi) is 5.50. The summed E-state index contributed by atoms with van der Waals surface area (Å²) in [6.07, 6.45) is 1.97. The Morgan fingerprint density at radius 3 is 2.44 bits per heavy atom. The Labute approximate surface area is 210 Å². The largest absolute Gasteiger partial charge is 0.456 e. The lowest BCUT2D eigenvalue weighted by Gasteiger charge is -2.33. The summed E-state index contributed by atoms with van der Waals surface area (Å²) < 4.78 is 16.4. The predicted molar refractivity (Wildman–Crippen MR) is 140 cm³/mol. The van der Waals surface area contributed by atoms with Gasteiger partial charge in [0.2, 0.25) is 0 Å². The van der Waals surface area contributed by atoms with Gasteiger partial charge < -0.3 is 18.8 Å². The topological polar surface area (TPSA) is 78.2 Å². The number of aliphatic hydroxyl groups is 1. The molecular weight excluding hydrogens is 452 g/mol. The van der Waals surface area contributed by atoms with Gasteiger partial charge in [0.25, 0.3) is 0 Å². The standard InChI is InChI=1S/C29H32N4O3/c1-18-26(32(4)31-30-18)21-10-11-22-23(16-21)33(24-17-25(29(2,3)34)36-28(22)24)27(19-8-6-5-7-9-19)20-12-14-35-15-13-20/h5-11,16-17,20,27,34H,12-15H2,1-4H3. The lowest BCUT2D eigenvalue weighted by molar-refractivity contribution is 0.0552. The number of fused-ring (bicyclic) bond motifs is 3. The number of aryl methyl sites for hydroxylation is 2. The zero-order valence-corrected chi connectivity index (χ0v) is 21.2. The summed E-state index contributed by atoms with van der Waals surface area (Å²) in [7, 11) is 1.93. The Morgan fingerprint density at radius 1 is 1.03 bits per heavy atom. The smallest absolute Gasteiger partial charge is 0.160 e. The second-order valence-electron chi connectivity index (χ2n) is 10.4. The van der Waals surface area contributed by atoms with E-state index in [-0.39, 0.29) is 6.04 Å². The molecule has 1 atom stereocenters. The average molecular weight is 485 g/mol. The zero-order chi connectivity index (χ0) is 25.0. The van der Waals surface area contributed by atoms with Crippen molar-refractivity contribution < 1.29 is 14.3 Å². The Bertz CT molecular complexity index is 1510. The molecule has 1 unspecified atom stereocenters. The minimum atomic E-state index is -1.07. The van der Waals surface area contributed by atoms with Crippen LogP contribution >= 0.6 is 0 Å². The molecule has 36 heavy (non-hydrogen) atoms. The number of benzene rings is 2. The third-order valence-corrected chi connectivity index (χ3v) is 7.48. The van der Waals surface area contributed by atoms with Gasteiger partial charge in [0, 0.05) is 37.3 Å². The first kappa shape index (κ1) is 23.0. The molecule has 0 amide bonds. The number of nitrogens with zero attached hydrogens (tertiary/aromatic N) is 4. The SMILES string of the molecule is Cc1nnn(C)c1-c1ccc2c3oc(C(C)(C)O)cc3n(C(c3ccccc3)C3CCOCC3)c2c1. The van der Waals surface area contributed by atoms with Crippen molar-refractivity contribution in [3.8, 4) is 11.3 Å². The second-order valence-corrected chi connectivity index (χ2v) is 10.4. The fourth-order valence-electron chi connectivity index (χ4n) is 5.72. The molecule has 6 rings (SSSR count). The van der Waals surface area contributed by atoms with E-state index < -0.39 is 5.60 Å². The van der Waals surface area contributed by atoms with E-state index in [4.69, 9.17) is 9.15 Å². The van der Waals surface area contributed by atoms with Crippen LogP contribution in [0.4, 0.5) is 0 Å². The van der Waals surface area contributed by atoms with Gasteiger partial charge in [0.05, 0.1) is 28.5 Å². The number of aromatic nitrogens is 4. The molecule has 1 fully saturated rings. The van der Waals surface area contributed by atoms with Crippen molar-refractivity contribution in [1.29, 1.82) is 0 Å². The highest BCUT2D eigenvalue weighted by Crippen LogP contribution is 2.43. The molecule has 0 radical (unpaired) electrons. The molecule has 5 aromatic rings. The van der Waals surface area contributed by atoms with Crippen LogP contribution < -0.4 is 0 Å². The van der Waals surface area contributed by atoms with E-state index in [9.17, 15) is 5.11 Å². The van der Waals surface area contributed by atoms with Crippen LogP contribution in [0.3, 0.4) is 0 Å². The van der Waals surface area contributed by atoms with Crippen molar-refractivity contribution in [3.05, 3.63) is 71.6 Å². The summed E-state index contributed by atoms with van der Waals surface area (Å²) in [5.41, 5.74) is 6.06. The van der Waals surface area contributed by atoms with E-state index in [0.717, 1.165) is 65.0 Å². The van der Waals surface area contributed by atoms with Crippen LogP contribution in [0.25, 0.3) is 33.3 Å². The molecule has 0 aliphatic carbocycles. The van der Waals surface area contributed by atoms with Crippen molar-refractivity contribution in [2.45, 2.75) is 45.3 Å². The lowest BCUT2D eigenvalue weighted by Crippen LogP contribution is -2.26. The Balaban J connectivity index is 1.67. The van der Waals surface area contributed by atoms with Crippen LogP contribution in [0.1, 0.15) is 49.7 Å². The van der Waals surface area contributed by atoms with Crippen LogP contribution in [0, 0.1) is 12.8 Å². The summed E-state index contributed by atoms with van der Waals surface area (Å²) >= 11 is 0. The molecule has 186 valence electrons. The molecule has 0 spiro atoms. The monoisotopic (exact) mass is 484 g/mol. The first-order valence-electron chi connectivity index (χ1n) is 12.6. The van der Waals surface area contributed by atoms with Gasteiger partial charge in [0.1, 0.15) is 11.4 Å². The van der Waals surface area contributed by atoms with Gasteiger partial charge in [-0.1, -0.05) is 41.6 Å². The van der Waals surface area contributed by atoms with Crippen molar-refractivity contribution in [3.63, 3.8) is 0 Å². The van der Waals surface area contributed by atoms with Crippen LogP contribution in [-0.4, -0.2) is 37.9 Å². The highest BCUT2D eigenvalue weighted by molar-refractivity contribution is 6.06. The average Bonchev–Trinajstić information content (AvgIpc) is 3.53. The van der Waals surface area contributed by atoms with Crippen molar-refractivity contribution in [2.75, 3.05) is 13.2 Å². The highest BCUT2D eigenvalue weighted by atomic mass is 16.5. The summed E-state index contributed by atoms with van der Waals surface area (Å²) in [6.45, 7) is 7.05. The number of rotatable bonds is 5. The normalized spacial score (nSPS) is 16.2. The van der Waals surface area contributed by atoms with E-state index in [1.165, 1.54) is 5.56 Å². The van der Waals surface area contributed by atoms with Gasteiger partial charge in [-0.2, -0.15) is 0 Å². The molecule has 1 saturated heterocycles. The van der Waals surface area contributed by atoms with Crippen LogP contribution in [-0.2, 0) is 17.4 Å². The molecule has 3 aromatic heterocycles. The summed E-state index contributed by atoms with van der Waals surface area (Å²) in [6, 6.07) is 19.3. The first-order valence-corrected chi connectivity index (χ1v) is 12.6. The van der Waals surface area contributed by atoms with Gasteiger partial charge in [-0.05, 0) is 57.2 Å². The van der Waals surface area contributed by atoms with Crippen molar-refractivity contribution in [1.82, 2.24) is 19.6 Å². The van der Waals surface area contributed by atoms with Gasteiger partial charge in [-0.3, -0.25) is 0 Å². The summed E-state index contributed by atoms with van der Waals surface area (Å²) in [5, 5.41) is 20.3. The molecule has 7 nitrogen and oxygen atoms in total. The molecule has 4 heterocycles. The van der Waals surface area contributed by atoms with Crippen molar-refractivity contribution in [2.24, 2.45) is 13.0 Å². The molecule has 1 aliphatic rings. The van der Waals surface area contributed by atoms with Crippen LogP contribution in [0.2, 0.25) is 0 Å². The van der Waals surface area contributed by atoms with E-state index >= 15 is 0 Å². The maximum atomic E-state index is 10.8. The maximum absolute atomic E-state index is 10.8. The summed E-state index contributed by atoms with van der Waals surface area (Å²) in [5.74, 6) is 0.974. The fourth-order valence-corrected chi connectivity index (χ4v) is 5.72. The number of hydrogen-bond acceptors (Lipinski definition) is 5. The van der Waals surface area contributed by atoms with Gasteiger partial charge in [0.15, 0.2) is 5.58 Å². The van der Waals surface area contributed by atoms with E-state index in [1.807, 2.05) is 24.7 Å². The van der Waals surface area contributed by atoms with Crippen LogP contribution in [0.15, 0.2) is 59.0 Å². The molecule has 0 saturated carbocycles. The third kappa shape index (κ3) is 3.74. The first-order chi connectivity index (χ1) is 17.3. The van der Waals surface area contributed by atoms with Crippen LogP contribution in [0.5, 0.6) is 0 Å². The number of hydrogen-bond donors (Lipinski definition) is 1. The molecule has 1 aliphatic heterocycles. The minimum Gasteiger partial charge on any atom is -0.456 e. The molecular formula is C29H32N4O3. The van der Waals surface area contributed by atoms with E-state index in [1.54, 1.807) is 13.8 Å². The number of furan rings is 1. The second kappa shape index (κ2) is 8.61. The molecule has 2 aromatic carbocycles. The van der Waals surface area contributed by atoms with E-state index in [0.29, 0.717) is 11.7 Å². The predicted octanol–water partition coefficient (Wildman–Crippen LogP) is 5.73. The number of ether oxygens (including phenoxy) is 1. The Morgan fingerprint density at radius 2 is 1.78 bits per heavy atom. The van der Waals surface area contributed by atoms with Crippen molar-refractivity contribution >= 4 is 22.0 Å². The van der Waals surface area contributed by atoms with Gasteiger partial charge >= 0.3 is 0 Å². The van der Waals surface area contributed by atoms with Gasteiger partial charge in [-0.25, -0.2) is 4.68 Å². The quantitative estimate of drug-likeness (QED) is 0.344. The van der Waals surface area contributed by atoms with Gasteiger partial charge in [-0.15, -0.1) is 5.10 Å². The third-order valence-electron chi connectivity index (χ3n) is 7.48. The summed E-state index contributed by atoms with van der Waals surface area (Å²) in [4.78, 5) is 0.